The Balaban J connectivity index is 1.77. The number of ether oxygens (including phenoxy) is 1. The highest BCUT2D eigenvalue weighted by atomic mass is 35.5. The number of para-hydroxylation sites is 2. The smallest absolute Gasteiger partial charge is 0.272 e. The standard InChI is InChI=1S/C24H18ClNO3S/c1-29-20-10-6-5-9-19(20)26-23(27)21(17-11-13-18(25)14-12-17)22(24(26)28)30-15-16-7-3-2-4-8-16/h2-14H,15H2,1H3. The molecule has 1 aliphatic heterocycles. The first-order chi connectivity index (χ1) is 14.6. The molecule has 1 heterocycles. The van der Waals surface area contributed by atoms with Crippen molar-refractivity contribution in [2.24, 2.45) is 0 Å². The zero-order valence-electron chi connectivity index (χ0n) is 16.2. The predicted octanol–water partition coefficient (Wildman–Crippen LogP) is 5.57. The summed E-state index contributed by atoms with van der Waals surface area (Å²) in [5.41, 5.74) is 2.53. The fraction of sp³-hybridized carbons (Fsp3) is 0.0833. The van der Waals surface area contributed by atoms with Crippen molar-refractivity contribution >= 4 is 46.4 Å². The summed E-state index contributed by atoms with van der Waals surface area (Å²) in [6, 6.07) is 23.8. The highest BCUT2D eigenvalue weighted by Gasteiger charge is 2.41. The van der Waals surface area contributed by atoms with Crippen LogP contribution in [0.25, 0.3) is 5.57 Å². The summed E-state index contributed by atoms with van der Waals surface area (Å²) >= 11 is 7.39. The molecular weight excluding hydrogens is 418 g/mol. The molecule has 150 valence electrons. The van der Waals surface area contributed by atoms with Crippen molar-refractivity contribution in [2.75, 3.05) is 12.0 Å². The van der Waals surface area contributed by atoms with Gasteiger partial charge in [-0.2, -0.15) is 0 Å². The van der Waals surface area contributed by atoms with Crippen molar-refractivity contribution in [2.45, 2.75) is 5.75 Å². The van der Waals surface area contributed by atoms with Crippen LogP contribution in [-0.2, 0) is 15.3 Å². The number of hydrogen-bond donors (Lipinski definition) is 0. The molecule has 0 radical (unpaired) electrons. The second-order valence-corrected chi connectivity index (χ2v) is 8.02. The van der Waals surface area contributed by atoms with E-state index in [2.05, 4.69) is 0 Å². The summed E-state index contributed by atoms with van der Waals surface area (Å²) in [5, 5.41) is 0.566. The summed E-state index contributed by atoms with van der Waals surface area (Å²) in [7, 11) is 1.52. The van der Waals surface area contributed by atoms with Crippen LogP contribution >= 0.6 is 23.4 Å². The molecule has 0 fully saturated rings. The molecular formula is C24H18ClNO3S. The van der Waals surface area contributed by atoms with E-state index < -0.39 is 0 Å². The Labute approximate surface area is 184 Å². The first-order valence-corrected chi connectivity index (χ1v) is 10.6. The summed E-state index contributed by atoms with van der Waals surface area (Å²) in [5.74, 6) is 0.313. The molecule has 0 bridgehead atoms. The number of hydrogen-bond acceptors (Lipinski definition) is 4. The number of anilines is 1. The van der Waals surface area contributed by atoms with E-state index >= 15 is 0 Å². The van der Waals surface area contributed by atoms with Crippen molar-refractivity contribution in [3.05, 3.63) is 99.9 Å². The third-order valence-corrected chi connectivity index (χ3v) is 6.12. The fourth-order valence-electron chi connectivity index (χ4n) is 3.28. The third kappa shape index (κ3) is 3.86. The van der Waals surface area contributed by atoms with Crippen molar-refractivity contribution in [1.29, 1.82) is 0 Å². The second-order valence-electron chi connectivity index (χ2n) is 6.60. The lowest BCUT2D eigenvalue weighted by atomic mass is 10.1. The van der Waals surface area contributed by atoms with Crippen LogP contribution in [0.15, 0.2) is 83.8 Å². The van der Waals surface area contributed by atoms with E-state index in [0.29, 0.717) is 38.3 Å². The highest BCUT2D eigenvalue weighted by Crippen LogP contribution is 2.42. The minimum atomic E-state index is -0.373. The fourth-order valence-corrected chi connectivity index (χ4v) is 4.47. The quantitative estimate of drug-likeness (QED) is 0.475. The Morgan fingerprint density at radius 2 is 1.53 bits per heavy atom. The van der Waals surface area contributed by atoms with Crippen LogP contribution in [0, 0.1) is 0 Å². The largest absolute Gasteiger partial charge is 0.495 e. The minimum absolute atomic E-state index is 0.351. The van der Waals surface area contributed by atoms with E-state index in [-0.39, 0.29) is 11.8 Å². The average molecular weight is 436 g/mol. The van der Waals surface area contributed by atoms with E-state index in [9.17, 15) is 9.59 Å². The highest BCUT2D eigenvalue weighted by molar-refractivity contribution is 8.03. The van der Waals surface area contributed by atoms with Crippen molar-refractivity contribution in [3.63, 3.8) is 0 Å². The number of rotatable bonds is 6. The molecule has 6 heteroatoms. The van der Waals surface area contributed by atoms with Crippen molar-refractivity contribution in [1.82, 2.24) is 0 Å². The van der Waals surface area contributed by atoms with Crippen molar-refractivity contribution < 1.29 is 14.3 Å². The number of amides is 2. The molecule has 0 saturated carbocycles. The second kappa shape index (κ2) is 8.78. The van der Waals surface area contributed by atoms with Crippen LogP contribution in [-0.4, -0.2) is 18.9 Å². The van der Waals surface area contributed by atoms with Gasteiger partial charge in [0.2, 0.25) is 0 Å². The molecule has 0 N–H and O–H groups in total. The molecule has 0 unspecified atom stereocenters. The van der Waals surface area contributed by atoms with Crippen LogP contribution < -0.4 is 9.64 Å². The molecule has 0 aromatic heterocycles. The Kier molecular flexibility index (Phi) is 5.93. The van der Waals surface area contributed by atoms with Crippen molar-refractivity contribution in [3.8, 4) is 5.75 Å². The van der Waals surface area contributed by atoms with Gasteiger partial charge in [-0.05, 0) is 35.4 Å². The number of imide groups is 1. The Morgan fingerprint density at radius 1 is 0.867 bits per heavy atom. The molecule has 0 atom stereocenters. The maximum Gasteiger partial charge on any atom is 0.272 e. The number of methoxy groups -OCH3 is 1. The zero-order valence-corrected chi connectivity index (χ0v) is 17.7. The molecule has 30 heavy (non-hydrogen) atoms. The number of thioether (sulfide) groups is 1. The maximum absolute atomic E-state index is 13.4. The number of nitrogens with zero attached hydrogens (tertiary/aromatic N) is 1. The van der Waals surface area contributed by atoms with Gasteiger partial charge in [0, 0.05) is 10.8 Å². The summed E-state index contributed by atoms with van der Waals surface area (Å²) in [6.07, 6.45) is 0. The minimum Gasteiger partial charge on any atom is -0.495 e. The van der Waals surface area contributed by atoms with E-state index in [1.54, 1.807) is 48.5 Å². The van der Waals surface area contributed by atoms with Gasteiger partial charge in [0.1, 0.15) is 5.75 Å². The lowest BCUT2D eigenvalue weighted by Gasteiger charge is -2.18. The number of carbonyl (C=O) groups excluding carboxylic acids is 2. The summed E-state index contributed by atoms with van der Waals surface area (Å²) in [6.45, 7) is 0. The summed E-state index contributed by atoms with van der Waals surface area (Å²) in [4.78, 5) is 28.4. The van der Waals surface area contributed by atoms with Crippen LogP contribution in [0.4, 0.5) is 5.69 Å². The summed E-state index contributed by atoms with van der Waals surface area (Å²) < 4.78 is 5.39. The molecule has 3 aromatic rings. The number of benzene rings is 3. The average Bonchev–Trinajstić information content (AvgIpc) is 3.03. The van der Waals surface area contributed by atoms with E-state index in [0.717, 1.165) is 5.56 Å². The first-order valence-electron chi connectivity index (χ1n) is 9.29. The zero-order chi connectivity index (χ0) is 21.1. The molecule has 0 aliphatic carbocycles. The topological polar surface area (TPSA) is 46.6 Å². The number of carbonyl (C=O) groups is 2. The molecule has 2 amide bonds. The predicted molar refractivity (Wildman–Crippen MR) is 122 cm³/mol. The molecule has 4 rings (SSSR count). The van der Waals surface area contributed by atoms with Gasteiger partial charge >= 0.3 is 0 Å². The number of halogens is 1. The van der Waals surface area contributed by atoms with Gasteiger partial charge in [-0.1, -0.05) is 66.2 Å². The molecule has 3 aromatic carbocycles. The van der Waals surface area contributed by atoms with Gasteiger partial charge in [0.25, 0.3) is 11.8 Å². The Morgan fingerprint density at radius 3 is 2.23 bits per heavy atom. The van der Waals surface area contributed by atoms with Gasteiger partial charge in [-0.3, -0.25) is 9.59 Å². The van der Waals surface area contributed by atoms with Crippen LogP contribution in [0.3, 0.4) is 0 Å². The normalized spacial score (nSPS) is 13.9. The Bertz CT molecular complexity index is 1130. The van der Waals surface area contributed by atoms with Gasteiger partial charge in [0.05, 0.1) is 23.3 Å². The SMILES string of the molecule is COc1ccccc1N1C(=O)C(SCc2ccccc2)=C(c2ccc(Cl)cc2)C1=O. The monoisotopic (exact) mass is 435 g/mol. The lowest BCUT2D eigenvalue weighted by molar-refractivity contribution is -0.119. The maximum atomic E-state index is 13.4. The van der Waals surface area contributed by atoms with Gasteiger partial charge < -0.3 is 4.74 Å². The van der Waals surface area contributed by atoms with Crippen LogP contribution in [0.5, 0.6) is 5.75 Å². The van der Waals surface area contributed by atoms with Crippen LogP contribution in [0.2, 0.25) is 5.02 Å². The molecule has 4 nitrogen and oxygen atoms in total. The van der Waals surface area contributed by atoms with E-state index in [4.69, 9.17) is 16.3 Å². The molecule has 0 saturated heterocycles. The van der Waals surface area contributed by atoms with E-state index in [1.165, 1.54) is 23.8 Å². The van der Waals surface area contributed by atoms with Gasteiger partial charge in [-0.15, -0.1) is 11.8 Å². The third-order valence-electron chi connectivity index (χ3n) is 4.73. The van der Waals surface area contributed by atoms with E-state index in [1.807, 2.05) is 30.3 Å². The Hall–Kier alpha value is -3.02. The lowest BCUT2D eigenvalue weighted by Crippen LogP contribution is -2.31. The molecule has 1 aliphatic rings. The molecule has 0 spiro atoms. The first kappa shape index (κ1) is 20.3. The van der Waals surface area contributed by atoms with Crippen LogP contribution in [0.1, 0.15) is 11.1 Å². The van der Waals surface area contributed by atoms with Gasteiger partial charge in [0.15, 0.2) is 0 Å². The van der Waals surface area contributed by atoms with Gasteiger partial charge in [-0.25, -0.2) is 4.90 Å².